The summed E-state index contributed by atoms with van der Waals surface area (Å²) < 4.78 is 0. The number of hydrogen-bond donors (Lipinski definition) is 2. The zero-order valence-electron chi connectivity index (χ0n) is 12.1. The van der Waals surface area contributed by atoms with Gasteiger partial charge in [-0.2, -0.15) is 0 Å². The van der Waals surface area contributed by atoms with Gasteiger partial charge in [0.2, 0.25) is 0 Å². The van der Waals surface area contributed by atoms with Crippen LogP contribution in [0.5, 0.6) is 0 Å². The molecule has 3 heteroatoms. The molecule has 3 nitrogen and oxygen atoms in total. The third kappa shape index (κ3) is 3.18. The summed E-state index contributed by atoms with van der Waals surface area (Å²) >= 11 is 0. The quantitative estimate of drug-likeness (QED) is 0.876. The lowest BCUT2D eigenvalue weighted by molar-refractivity contribution is 0.0543. The van der Waals surface area contributed by atoms with Crippen LogP contribution in [0.3, 0.4) is 0 Å². The van der Waals surface area contributed by atoms with E-state index in [0.29, 0.717) is 6.54 Å². The highest BCUT2D eigenvalue weighted by atomic mass is 16.3. The molecule has 0 aliphatic carbocycles. The van der Waals surface area contributed by atoms with E-state index in [2.05, 4.69) is 19.1 Å². The maximum Gasteiger partial charge on any atom is 0.119 e. The molecule has 0 radical (unpaired) electrons. The summed E-state index contributed by atoms with van der Waals surface area (Å²) in [7, 11) is 1.97. The van der Waals surface area contributed by atoms with Gasteiger partial charge in [-0.3, -0.25) is 0 Å². The van der Waals surface area contributed by atoms with Crippen molar-refractivity contribution in [2.24, 2.45) is 5.73 Å². The first-order valence-corrected chi connectivity index (χ1v) is 6.81. The Kier molecular flexibility index (Phi) is 4.42. The van der Waals surface area contributed by atoms with Crippen LogP contribution in [0.15, 0.2) is 54.6 Å². The third-order valence-corrected chi connectivity index (χ3v) is 3.59. The van der Waals surface area contributed by atoms with E-state index in [1.165, 1.54) is 5.56 Å². The van der Waals surface area contributed by atoms with Crippen molar-refractivity contribution in [2.75, 3.05) is 25.0 Å². The Morgan fingerprint density at radius 3 is 2.40 bits per heavy atom. The Balaban J connectivity index is 2.22. The number of aliphatic hydroxyl groups is 1. The molecular formula is C17H22N2O. The Hall–Kier alpha value is -1.84. The zero-order chi connectivity index (χ0) is 14.6. The van der Waals surface area contributed by atoms with Gasteiger partial charge < -0.3 is 15.7 Å². The molecule has 0 heterocycles. The second-order valence-electron chi connectivity index (χ2n) is 5.30. The van der Waals surface area contributed by atoms with Crippen molar-refractivity contribution in [3.05, 3.63) is 65.7 Å². The molecule has 20 heavy (non-hydrogen) atoms. The van der Waals surface area contributed by atoms with Crippen LogP contribution in [-0.2, 0) is 5.60 Å². The van der Waals surface area contributed by atoms with Crippen LogP contribution in [-0.4, -0.2) is 25.2 Å². The molecule has 106 valence electrons. The van der Waals surface area contributed by atoms with Gasteiger partial charge in [0.25, 0.3) is 0 Å². The molecule has 0 saturated carbocycles. The predicted molar refractivity (Wildman–Crippen MR) is 83.8 cm³/mol. The minimum Gasteiger partial charge on any atom is -0.382 e. The van der Waals surface area contributed by atoms with Gasteiger partial charge in [0.15, 0.2) is 0 Å². The molecule has 2 rings (SSSR count). The van der Waals surface area contributed by atoms with E-state index in [-0.39, 0.29) is 6.54 Å². The van der Waals surface area contributed by atoms with E-state index in [0.717, 1.165) is 11.3 Å². The van der Waals surface area contributed by atoms with Gasteiger partial charge in [-0.25, -0.2) is 0 Å². The molecule has 1 unspecified atom stereocenters. The smallest absolute Gasteiger partial charge is 0.119 e. The average Bonchev–Trinajstić information content (AvgIpc) is 2.48. The molecule has 0 aromatic heterocycles. The molecule has 0 amide bonds. The van der Waals surface area contributed by atoms with Gasteiger partial charge in [0.1, 0.15) is 5.60 Å². The fourth-order valence-corrected chi connectivity index (χ4v) is 2.37. The number of aryl methyl sites for hydroxylation is 1. The fourth-order valence-electron chi connectivity index (χ4n) is 2.37. The zero-order valence-corrected chi connectivity index (χ0v) is 12.1. The highest BCUT2D eigenvalue weighted by Gasteiger charge is 2.29. The van der Waals surface area contributed by atoms with Crippen LogP contribution in [0.2, 0.25) is 0 Å². The van der Waals surface area contributed by atoms with Crippen LogP contribution >= 0.6 is 0 Å². The van der Waals surface area contributed by atoms with E-state index in [1.54, 1.807) is 0 Å². The van der Waals surface area contributed by atoms with Crippen molar-refractivity contribution in [3.63, 3.8) is 0 Å². The first-order chi connectivity index (χ1) is 9.55. The first-order valence-electron chi connectivity index (χ1n) is 6.81. The number of rotatable bonds is 5. The lowest BCUT2D eigenvalue weighted by atomic mass is 9.93. The molecule has 2 aromatic carbocycles. The number of hydrogen-bond acceptors (Lipinski definition) is 3. The molecule has 1 atom stereocenters. The van der Waals surface area contributed by atoms with Gasteiger partial charge in [-0.1, -0.05) is 42.5 Å². The summed E-state index contributed by atoms with van der Waals surface area (Å²) in [5.41, 5.74) is 7.90. The minimum atomic E-state index is -1.04. The summed E-state index contributed by atoms with van der Waals surface area (Å²) in [6, 6.07) is 17.8. The molecular weight excluding hydrogens is 248 g/mol. The van der Waals surface area contributed by atoms with Gasteiger partial charge in [-0.15, -0.1) is 0 Å². The Labute approximate surface area is 120 Å². The second kappa shape index (κ2) is 6.07. The summed E-state index contributed by atoms with van der Waals surface area (Å²) in [5, 5.41) is 10.8. The largest absolute Gasteiger partial charge is 0.382 e. The minimum absolute atomic E-state index is 0.188. The van der Waals surface area contributed by atoms with E-state index in [4.69, 9.17) is 5.73 Å². The SMILES string of the molecule is Cc1cccc(N(C)CC(O)(CN)c2ccccc2)c1. The van der Waals surface area contributed by atoms with Crippen molar-refractivity contribution in [2.45, 2.75) is 12.5 Å². The van der Waals surface area contributed by atoms with Crippen LogP contribution < -0.4 is 10.6 Å². The molecule has 0 aliphatic heterocycles. The highest BCUT2D eigenvalue weighted by Crippen LogP contribution is 2.24. The van der Waals surface area contributed by atoms with Gasteiger partial charge in [0, 0.05) is 19.3 Å². The first kappa shape index (κ1) is 14.6. The van der Waals surface area contributed by atoms with E-state index >= 15 is 0 Å². The van der Waals surface area contributed by atoms with Gasteiger partial charge >= 0.3 is 0 Å². The van der Waals surface area contributed by atoms with Gasteiger partial charge in [-0.05, 0) is 30.2 Å². The van der Waals surface area contributed by atoms with E-state index < -0.39 is 5.60 Å². The monoisotopic (exact) mass is 270 g/mol. The topological polar surface area (TPSA) is 49.5 Å². The second-order valence-corrected chi connectivity index (χ2v) is 5.30. The number of likely N-dealkylation sites (N-methyl/N-ethyl adjacent to an activating group) is 1. The molecule has 0 fully saturated rings. The van der Waals surface area contributed by atoms with Gasteiger partial charge in [0.05, 0.1) is 6.54 Å². The maximum atomic E-state index is 10.8. The number of nitrogens with two attached hydrogens (primary N) is 1. The van der Waals surface area contributed by atoms with Crippen molar-refractivity contribution in [1.82, 2.24) is 0 Å². The molecule has 0 aliphatic rings. The Morgan fingerprint density at radius 2 is 1.80 bits per heavy atom. The molecule has 3 N–H and O–H groups in total. The van der Waals surface area contributed by atoms with E-state index in [9.17, 15) is 5.11 Å². The summed E-state index contributed by atoms with van der Waals surface area (Å²) in [5.74, 6) is 0. The van der Waals surface area contributed by atoms with Crippen LogP contribution in [0, 0.1) is 6.92 Å². The third-order valence-electron chi connectivity index (χ3n) is 3.59. The highest BCUT2D eigenvalue weighted by molar-refractivity contribution is 5.48. The van der Waals surface area contributed by atoms with Crippen molar-refractivity contribution >= 4 is 5.69 Å². The molecule has 0 spiro atoms. The Bertz CT molecular complexity index is 556. The fraction of sp³-hybridized carbons (Fsp3) is 0.294. The molecule has 0 bridgehead atoms. The van der Waals surface area contributed by atoms with E-state index in [1.807, 2.05) is 54.4 Å². The lowest BCUT2D eigenvalue weighted by Crippen LogP contribution is -2.45. The predicted octanol–water partition coefficient (Wildman–Crippen LogP) is 2.28. The number of benzene rings is 2. The maximum absolute atomic E-state index is 10.8. The van der Waals surface area contributed by atoms with Crippen molar-refractivity contribution in [3.8, 4) is 0 Å². The summed E-state index contributed by atoms with van der Waals surface area (Å²) in [6.45, 7) is 2.70. The molecule has 0 saturated heterocycles. The van der Waals surface area contributed by atoms with Crippen molar-refractivity contribution in [1.29, 1.82) is 0 Å². The molecule has 2 aromatic rings. The van der Waals surface area contributed by atoms with Crippen molar-refractivity contribution < 1.29 is 5.11 Å². The Morgan fingerprint density at radius 1 is 1.10 bits per heavy atom. The lowest BCUT2D eigenvalue weighted by Gasteiger charge is -2.33. The number of nitrogens with zero attached hydrogens (tertiary/aromatic N) is 1. The summed E-state index contributed by atoms with van der Waals surface area (Å²) in [6.07, 6.45) is 0. The normalized spacial score (nSPS) is 13.8. The van der Waals surface area contributed by atoms with Crippen LogP contribution in [0.25, 0.3) is 0 Å². The average molecular weight is 270 g/mol. The van der Waals surface area contributed by atoms with Crippen LogP contribution in [0.1, 0.15) is 11.1 Å². The summed E-state index contributed by atoms with van der Waals surface area (Å²) in [4.78, 5) is 2.03. The van der Waals surface area contributed by atoms with Crippen LogP contribution in [0.4, 0.5) is 5.69 Å². The number of anilines is 1. The standard InChI is InChI=1S/C17H22N2O/c1-14-7-6-10-16(11-14)19(2)13-17(20,12-18)15-8-4-3-5-9-15/h3-11,20H,12-13,18H2,1-2H3.